The fraction of sp³-hybridized carbons (Fsp3) is 0.440. The van der Waals surface area contributed by atoms with Crippen LogP contribution in [-0.2, 0) is 19.2 Å². The van der Waals surface area contributed by atoms with Crippen LogP contribution in [0, 0.1) is 0 Å². The third kappa shape index (κ3) is 16.4. The molecule has 1 aliphatic rings. The highest BCUT2D eigenvalue weighted by atomic mass is 16.7. The number of nitrogens with one attached hydrogen (secondary N) is 2. The molecule has 1 aromatic carbocycles. The molecule has 1 aromatic rings. The molecular formula is C25H36N2O10. The lowest BCUT2D eigenvalue weighted by Crippen LogP contribution is -3.19. The van der Waals surface area contributed by atoms with Crippen molar-refractivity contribution in [3.63, 3.8) is 0 Å². The van der Waals surface area contributed by atoms with E-state index in [1.54, 1.807) is 9.80 Å². The van der Waals surface area contributed by atoms with Gasteiger partial charge in [-0.05, 0) is 38.1 Å². The monoisotopic (exact) mass is 524 g/mol. The highest BCUT2D eigenvalue weighted by Gasteiger charge is 2.37. The highest BCUT2D eigenvalue weighted by molar-refractivity contribution is 5.89. The second kappa shape index (κ2) is 17.5. The van der Waals surface area contributed by atoms with Crippen LogP contribution in [0.1, 0.15) is 27.2 Å². The van der Waals surface area contributed by atoms with Gasteiger partial charge in [-0.1, -0.05) is 12.1 Å². The Labute approximate surface area is 216 Å². The number of likely N-dealkylation sites (N-methyl/N-ethyl adjacent to an activating group) is 2. The molecule has 1 heterocycles. The van der Waals surface area contributed by atoms with Gasteiger partial charge in [-0.15, -0.1) is 0 Å². The molecule has 1 aliphatic heterocycles. The number of para-hydroxylation sites is 2. The first kappa shape index (κ1) is 33.1. The van der Waals surface area contributed by atoms with Gasteiger partial charge in [0.05, 0.1) is 45.0 Å². The predicted octanol–water partition coefficient (Wildman–Crippen LogP) is -3.24. The minimum absolute atomic E-state index is 0.447. The van der Waals surface area contributed by atoms with Gasteiger partial charge in [0.25, 0.3) is 5.79 Å². The Morgan fingerprint density at radius 2 is 1.27 bits per heavy atom. The summed E-state index contributed by atoms with van der Waals surface area (Å²) in [7, 11) is 2.26. The van der Waals surface area contributed by atoms with E-state index in [4.69, 9.17) is 19.7 Å². The van der Waals surface area contributed by atoms with Gasteiger partial charge in [-0.25, -0.2) is 9.59 Å². The second-order valence-electron chi connectivity index (χ2n) is 8.18. The number of fused-ring (bicyclic) bond motifs is 1. The molecule has 4 N–H and O–H groups in total. The Morgan fingerprint density at radius 1 is 0.838 bits per heavy atom. The molecule has 0 saturated heterocycles. The zero-order chi connectivity index (χ0) is 28.4. The van der Waals surface area contributed by atoms with Crippen molar-refractivity contribution in [2.24, 2.45) is 0 Å². The zero-order valence-electron chi connectivity index (χ0n) is 21.5. The van der Waals surface area contributed by atoms with Crippen molar-refractivity contribution in [2.75, 3.05) is 39.8 Å². The average Bonchev–Trinajstić information content (AvgIpc) is 3.18. The second-order valence-corrected chi connectivity index (χ2v) is 8.18. The summed E-state index contributed by atoms with van der Waals surface area (Å²) in [6.07, 6.45) is 2.79. The number of carbonyl (C=O) groups is 4. The lowest BCUT2D eigenvalue weighted by atomic mass is 10.2. The van der Waals surface area contributed by atoms with E-state index >= 15 is 0 Å². The topological polar surface area (TPSA) is 182 Å². The molecule has 0 aromatic heterocycles. The highest BCUT2D eigenvalue weighted by Crippen LogP contribution is 2.39. The molecule has 0 spiro atoms. The van der Waals surface area contributed by atoms with Crippen LogP contribution >= 0.6 is 0 Å². The number of aliphatic carboxylic acids is 4. The Kier molecular flexibility index (Phi) is 15.7. The Bertz CT molecular complexity index is 850. The first-order chi connectivity index (χ1) is 17.3. The number of carboxylic acids is 4. The van der Waals surface area contributed by atoms with Gasteiger partial charge < -0.3 is 49.3 Å². The standard InChI is InChI=1S/C17H28N2O2.2C4H4O4/c1-5-19(6-2)14-13-18(4)12-11-17(3)20-15-9-7-8-10-16(15)21-17;2*5-3(6)1-2-4(7)8/h7-10H,5-6,11-14H2,1-4H3;2*1-2H,(H,5,6)(H,7,8)/b;2*2-1-. The van der Waals surface area contributed by atoms with Crippen LogP contribution in [0.4, 0.5) is 0 Å². The van der Waals surface area contributed by atoms with Crippen LogP contribution in [0.2, 0.25) is 0 Å². The maximum atomic E-state index is 9.53. The molecule has 206 valence electrons. The quantitative estimate of drug-likeness (QED) is 0.203. The van der Waals surface area contributed by atoms with E-state index in [1.807, 2.05) is 31.2 Å². The van der Waals surface area contributed by atoms with Crippen molar-refractivity contribution < 1.29 is 58.9 Å². The third-order valence-corrected chi connectivity index (χ3v) is 5.14. The summed E-state index contributed by atoms with van der Waals surface area (Å²) in [6.45, 7) is 12.5. The van der Waals surface area contributed by atoms with Crippen LogP contribution in [0.5, 0.6) is 11.5 Å². The van der Waals surface area contributed by atoms with Crippen LogP contribution in [0.3, 0.4) is 0 Å². The number of benzene rings is 1. The minimum Gasteiger partial charge on any atom is -0.545 e. The van der Waals surface area contributed by atoms with Gasteiger partial charge in [0.2, 0.25) is 0 Å². The van der Waals surface area contributed by atoms with Crippen LogP contribution in [0.25, 0.3) is 0 Å². The van der Waals surface area contributed by atoms with Crippen LogP contribution < -0.4 is 29.5 Å². The molecule has 37 heavy (non-hydrogen) atoms. The molecular weight excluding hydrogens is 488 g/mol. The maximum absolute atomic E-state index is 9.53. The third-order valence-electron chi connectivity index (χ3n) is 5.14. The van der Waals surface area contributed by atoms with E-state index in [1.165, 1.54) is 26.2 Å². The summed E-state index contributed by atoms with van der Waals surface area (Å²) >= 11 is 0. The molecule has 0 bridgehead atoms. The van der Waals surface area contributed by atoms with E-state index in [0.717, 1.165) is 24.5 Å². The average molecular weight is 525 g/mol. The summed E-state index contributed by atoms with van der Waals surface area (Å²) in [4.78, 5) is 41.1. The van der Waals surface area contributed by atoms with E-state index in [9.17, 15) is 29.4 Å². The van der Waals surface area contributed by atoms with Gasteiger partial charge in [-0.3, -0.25) is 0 Å². The predicted molar refractivity (Wildman–Crippen MR) is 128 cm³/mol. The summed E-state index contributed by atoms with van der Waals surface area (Å²) < 4.78 is 11.9. The summed E-state index contributed by atoms with van der Waals surface area (Å²) in [5.74, 6) is -4.38. The molecule has 1 atom stereocenters. The SMILES string of the molecule is CC[NH+](CC)CC[NH+](C)CCC1(C)Oc2ccccc2O1.O=C([O-])/C=C\C(=O)O.O=C([O-])/C=C\C(=O)O. The van der Waals surface area contributed by atoms with Gasteiger partial charge >= 0.3 is 11.9 Å². The summed E-state index contributed by atoms with van der Waals surface area (Å²) in [5.41, 5.74) is 0. The molecule has 12 nitrogen and oxygen atoms in total. The maximum Gasteiger partial charge on any atom is 0.328 e. The van der Waals surface area contributed by atoms with Crippen molar-refractivity contribution >= 4 is 23.9 Å². The van der Waals surface area contributed by atoms with E-state index in [-0.39, 0.29) is 0 Å². The number of carbonyl (C=O) groups excluding carboxylic acids is 2. The van der Waals surface area contributed by atoms with Crippen molar-refractivity contribution in [1.29, 1.82) is 0 Å². The van der Waals surface area contributed by atoms with E-state index < -0.39 is 29.7 Å². The number of quaternary nitrogens is 2. The molecule has 0 radical (unpaired) electrons. The number of hydrogen-bond acceptors (Lipinski definition) is 8. The Hall–Kier alpha value is -3.90. The fourth-order valence-electron chi connectivity index (χ4n) is 3.04. The van der Waals surface area contributed by atoms with Gasteiger partial charge in [0, 0.05) is 19.1 Å². The van der Waals surface area contributed by atoms with Gasteiger partial charge in [0.1, 0.15) is 13.1 Å². The minimum atomic E-state index is -1.51. The Morgan fingerprint density at radius 3 is 1.59 bits per heavy atom. The number of hydrogen-bond donors (Lipinski definition) is 4. The number of carboxylic acid groups (broad SMARTS) is 4. The first-order valence-electron chi connectivity index (χ1n) is 11.7. The molecule has 1 unspecified atom stereocenters. The normalized spacial score (nSPS) is 13.9. The number of ether oxygens (including phenoxy) is 2. The first-order valence-corrected chi connectivity index (χ1v) is 11.7. The smallest absolute Gasteiger partial charge is 0.328 e. The van der Waals surface area contributed by atoms with Crippen molar-refractivity contribution in [1.82, 2.24) is 0 Å². The molecule has 0 amide bonds. The Balaban J connectivity index is 0.000000669. The molecule has 12 heteroatoms. The fourth-order valence-corrected chi connectivity index (χ4v) is 3.04. The van der Waals surface area contributed by atoms with E-state index in [2.05, 4.69) is 20.9 Å². The van der Waals surface area contributed by atoms with Crippen molar-refractivity contribution in [3.8, 4) is 11.5 Å². The van der Waals surface area contributed by atoms with Gasteiger partial charge in [0.15, 0.2) is 11.5 Å². The van der Waals surface area contributed by atoms with Gasteiger partial charge in [-0.2, -0.15) is 0 Å². The zero-order valence-corrected chi connectivity index (χ0v) is 21.5. The lowest BCUT2D eigenvalue weighted by Gasteiger charge is -2.25. The van der Waals surface area contributed by atoms with E-state index in [0.29, 0.717) is 24.3 Å². The molecule has 2 rings (SSSR count). The van der Waals surface area contributed by atoms with Crippen LogP contribution in [0.15, 0.2) is 48.6 Å². The van der Waals surface area contributed by atoms with Crippen molar-refractivity contribution in [3.05, 3.63) is 48.6 Å². The lowest BCUT2D eigenvalue weighted by molar-refractivity contribution is -0.947. The molecule has 0 fully saturated rings. The number of rotatable bonds is 12. The summed E-state index contributed by atoms with van der Waals surface area (Å²) in [6, 6.07) is 7.91. The van der Waals surface area contributed by atoms with Crippen molar-refractivity contribution in [2.45, 2.75) is 33.0 Å². The molecule has 0 aliphatic carbocycles. The summed E-state index contributed by atoms with van der Waals surface area (Å²) in [5, 5.41) is 34.5. The van der Waals surface area contributed by atoms with Crippen LogP contribution in [-0.4, -0.2) is 79.6 Å². The largest absolute Gasteiger partial charge is 0.545 e. The molecule has 0 saturated carbocycles.